The van der Waals surface area contributed by atoms with E-state index >= 15 is 0 Å². The second-order valence-electron chi connectivity index (χ2n) is 9.75. The molecule has 8 heteroatoms. The summed E-state index contributed by atoms with van der Waals surface area (Å²) in [6.07, 6.45) is 5.61. The number of ether oxygens (including phenoxy) is 1. The van der Waals surface area contributed by atoms with Crippen LogP contribution in [0.4, 0.5) is 4.79 Å². The van der Waals surface area contributed by atoms with Crippen LogP contribution in [0, 0.1) is 12.8 Å². The Bertz CT molecular complexity index is 1160. The Labute approximate surface area is 207 Å². The highest BCUT2D eigenvalue weighted by Crippen LogP contribution is 2.43. The number of aromatic nitrogens is 1. The molecule has 2 aromatic rings. The van der Waals surface area contributed by atoms with Gasteiger partial charge >= 0.3 is 6.09 Å². The van der Waals surface area contributed by atoms with Gasteiger partial charge in [-0.25, -0.2) is 13.3 Å². The van der Waals surface area contributed by atoms with Crippen LogP contribution in [0.1, 0.15) is 49.1 Å². The maximum absolute atomic E-state index is 14.1. The van der Waals surface area contributed by atoms with Gasteiger partial charge in [0.05, 0.1) is 22.3 Å². The Hall–Kier alpha value is -2.09. The van der Waals surface area contributed by atoms with E-state index in [4.69, 9.17) is 16.3 Å². The van der Waals surface area contributed by atoms with Crippen LogP contribution in [0.2, 0.25) is 5.02 Å². The molecule has 0 radical (unpaired) electrons. The summed E-state index contributed by atoms with van der Waals surface area (Å²) in [4.78, 5) is 20.0. The first-order valence-electron chi connectivity index (χ1n) is 12.1. The van der Waals surface area contributed by atoms with Gasteiger partial charge in [-0.05, 0) is 80.3 Å². The molecule has 5 rings (SSSR count). The van der Waals surface area contributed by atoms with Gasteiger partial charge in [0.1, 0.15) is 6.61 Å². The quantitative estimate of drug-likeness (QED) is 0.549. The number of fused-ring (bicyclic) bond motifs is 1. The molecule has 3 atom stereocenters. The zero-order chi connectivity index (χ0) is 23.9. The summed E-state index contributed by atoms with van der Waals surface area (Å²) in [5.41, 5.74) is 3.13. The molecule has 2 aliphatic heterocycles. The van der Waals surface area contributed by atoms with Crippen molar-refractivity contribution in [2.45, 2.75) is 69.0 Å². The van der Waals surface area contributed by atoms with Gasteiger partial charge in [0.15, 0.2) is 0 Å². The van der Waals surface area contributed by atoms with Gasteiger partial charge in [-0.2, -0.15) is 0 Å². The number of amides is 1. The van der Waals surface area contributed by atoms with Crippen LogP contribution in [0.5, 0.6) is 0 Å². The number of nitrogens with zero attached hydrogens (tertiary/aromatic N) is 3. The number of carbonyl (C=O) groups excluding carboxylic acids is 1. The summed E-state index contributed by atoms with van der Waals surface area (Å²) in [6, 6.07) is 11.2. The van der Waals surface area contributed by atoms with Crippen LogP contribution in [0.25, 0.3) is 0 Å². The van der Waals surface area contributed by atoms with Crippen LogP contribution in [0.3, 0.4) is 0 Å². The largest absolute Gasteiger partial charge is 0.448 e. The second-order valence-corrected chi connectivity index (χ2v) is 12.4. The van der Waals surface area contributed by atoms with Crippen LogP contribution in [-0.4, -0.2) is 55.6 Å². The van der Waals surface area contributed by atoms with Gasteiger partial charge in [0, 0.05) is 40.3 Å². The molecule has 6 nitrogen and oxygen atoms in total. The number of halogens is 1. The molecular weight excluding hydrogens is 470 g/mol. The molecule has 182 valence electrons. The lowest BCUT2D eigenvalue weighted by molar-refractivity contribution is 0.0578. The third-order valence-electron chi connectivity index (χ3n) is 7.26. The molecular formula is C26H32ClN3O3S. The SMILES string of the molecule is C=S(=O)(c1ccc(Cl)cc1)N1[C@@H](COC(=O)N2CCc3nc(C)ccc3C2)CCC[C@H]1C1CC1. The van der Waals surface area contributed by atoms with Crippen molar-refractivity contribution in [3.05, 3.63) is 58.4 Å². The highest BCUT2D eigenvalue weighted by molar-refractivity contribution is 7.98. The minimum atomic E-state index is -2.74. The molecule has 3 heterocycles. The summed E-state index contributed by atoms with van der Waals surface area (Å²) in [7, 11) is -2.74. The molecule has 3 aliphatic rings. The molecule has 0 bridgehead atoms. The lowest BCUT2D eigenvalue weighted by atomic mass is 9.96. The fourth-order valence-corrected chi connectivity index (χ4v) is 7.63. The fraction of sp³-hybridized carbons (Fsp3) is 0.500. The lowest BCUT2D eigenvalue weighted by Gasteiger charge is -2.43. The first-order valence-corrected chi connectivity index (χ1v) is 14.2. The smallest absolute Gasteiger partial charge is 0.410 e. The maximum atomic E-state index is 14.1. The number of benzene rings is 1. The normalized spacial score (nSPS) is 24.8. The topological polar surface area (TPSA) is 62.7 Å². The number of aryl methyl sites for hydroxylation is 1. The summed E-state index contributed by atoms with van der Waals surface area (Å²) in [5, 5.41) is 0.607. The molecule has 1 unspecified atom stereocenters. The highest BCUT2D eigenvalue weighted by atomic mass is 35.5. The van der Waals surface area contributed by atoms with Gasteiger partial charge in [-0.3, -0.25) is 4.98 Å². The molecule has 1 aromatic carbocycles. The fourth-order valence-electron chi connectivity index (χ4n) is 5.34. The maximum Gasteiger partial charge on any atom is 0.410 e. The van der Waals surface area contributed by atoms with E-state index in [1.165, 1.54) is 0 Å². The van der Waals surface area contributed by atoms with Crippen LogP contribution in [-0.2, 0) is 27.4 Å². The number of hydrogen-bond donors (Lipinski definition) is 0. The van der Waals surface area contributed by atoms with Crippen molar-refractivity contribution in [1.29, 1.82) is 0 Å². The van der Waals surface area contributed by atoms with Crippen molar-refractivity contribution in [1.82, 2.24) is 14.2 Å². The molecule has 1 saturated heterocycles. The molecule has 34 heavy (non-hydrogen) atoms. The average Bonchev–Trinajstić information content (AvgIpc) is 3.67. The number of piperidine rings is 1. The van der Waals surface area contributed by atoms with Crippen molar-refractivity contribution in [2.24, 2.45) is 5.92 Å². The van der Waals surface area contributed by atoms with Crippen molar-refractivity contribution >= 4 is 33.3 Å². The van der Waals surface area contributed by atoms with Crippen LogP contribution in [0.15, 0.2) is 41.3 Å². The Morgan fingerprint density at radius 1 is 1.18 bits per heavy atom. The van der Waals surface area contributed by atoms with Crippen molar-refractivity contribution in [3.8, 4) is 0 Å². The monoisotopic (exact) mass is 501 g/mol. The predicted molar refractivity (Wildman–Crippen MR) is 135 cm³/mol. The average molecular weight is 502 g/mol. The van der Waals surface area contributed by atoms with Gasteiger partial charge in [-0.15, -0.1) is 0 Å². The van der Waals surface area contributed by atoms with Crippen LogP contribution < -0.4 is 0 Å². The minimum Gasteiger partial charge on any atom is -0.448 e. The standard InChI is InChI=1S/C26H32ClN3O3S/c1-18-6-7-20-16-29(15-14-24(20)28-18)26(31)33-17-22-4-3-5-25(19-8-9-19)30(22)34(2,32)23-12-10-21(27)11-13-23/h6-7,10-13,19,22,25H,2-5,8-9,14-17H2,1H3/t22-,25+,34?/m1/s1. The van der Waals surface area contributed by atoms with E-state index in [9.17, 15) is 9.00 Å². The molecule has 1 aromatic heterocycles. The van der Waals surface area contributed by atoms with Crippen molar-refractivity contribution in [2.75, 3.05) is 13.2 Å². The Morgan fingerprint density at radius 2 is 1.94 bits per heavy atom. The third-order valence-corrected chi connectivity index (χ3v) is 9.77. The molecule has 2 fully saturated rings. The Balaban J connectivity index is 1.31. The number of pyridine rings is 1. The van der Waals surface area contributed by atoms with E-state index < -0.39 is 9.71 Å². The summed E-state index contributed by atoms with van der Waals surface area (Å²) < 4.78 is 22.1. The first kappa shape index (κ1) is 23.6. The molecule has 1 saturated carbocycles. The van der Waals surface area contributed by atoms with E-state index in [0.717, 1.165) is 55.5 Å². The van der Waals surface area contributed by atoms with E-state index in [-0.39, 0.29) is 24.8 Å². The van der Waals surface area contributed by atoms with Gasteiger partial charge in [-0.1, -0.05) is 24.1 Å². The van der Waals surface area contributed by atoms with E-state index in [2.05, 4.69) is 15.2 Å². The van der Waals surface area contributed by atoms with E-state index in [1.54, 1.807) is 29.2 Å². The van der Waals surface area contributed by atoms with E-state index in [1.807, 2.05) is 19.1 Å². The Morgan fingerprint density at radius 3 is 2.68 bits per heavy atom. The first-order chi connectivity index (χ1) is 16.3. The molecule has 1 aliphatic carbocycles. The van der Waals surface area contributed by atoms with E-state index in [0.29, 0.717) is 28.9 Å². The van der Waals surface area contributed by atoms with Crippen LogP contribution >= 0.6 is 11.6 Å². The van der Waals surface area contributed by atoms with Gasteiger partial charge in [0.2, 0.25) is 0 Å². The molecule has 1 amide bonds. The number of carbonyl (C=O) groups is 1. The van der Waals surface area contributed by atoms with Gasteiger partial charge < -0.3 is 9.64 Å². The van der Waals surface area contributed by atoms with Crippen molar-refractivity contribution < 1.29 is 13.7 Å². The summed E-state index contributed by atoms with van der Waals surface area (Å²) in [5.74, 6) is 4.75. The molecule has 0 spiro atoms. The van der Waals surface area contributed by atoms with Gasteiger partial charge in [0.25, 0.3) is 0 Å². The zero-order valence-corrected chi connectivity index (χ0v) is 21.2. The zero-order valence-electron chi connectivity index (χ0n) is 19.6. The number of hydrogen-bond acceptors (Lipinski definition) is 4. The third kappa shape index (κ3) is 4.83. The summed E-state index contributed by atoms with van der Waals surface area (Å²) >= 11 is 6.07. The predicted octanol–water partition coefficient (Wildman–Crippen LogP) is 4.86. The number of rotatable bonds is 5. The second kappa shape index (κ2) is 9.51. The van der Waals surface area contributed by atoms with Crippen molar-refractivity contribution in [3.63, 3.8) is 0 Å². The minimum absolute atomic E-state index is 0.120. The Kier molecular flexibility index (Phi) is 6.62. The molecule has 0 N–H and O–H groups in total. The highest BCUT2D eigenvalue weighted by Gasteiger charge is 2.44. The summed E-state index contributed by atoms with van der Waals surface area (Å²) in [6.45, 7) is 3.31. The lowest BCUT2D eigenvalue weighted by Crippen LogP contribution is -2.53.